The molecule has 1 aromatic rings. The Morgan fingerprint density at radius 3 is 3.12 bits per heavy atom. The summed E-state index contributed by atoms with van der Waals surface area (Å²) in [6.45, 7) is 2.18. The van der Waals surface area contributed by atoms with Crippen LogP contribution in [0.4, 0.5) is 5.00 Å². The molecule has 0 aliphatic heterocycles. The van der Waals surface area contributed by atoms with Gasteiger partial charge in [-0.1, -0.05) is 0 Å². The fourth-order valence-corrected chi connectivity index (χ4v) is 3.28. The summed E-state index contributed by atoms with van der Waals surface area (Å²) in [6.07, 6.45) is 3.07. The number of rotatable bonds is 3. The number of aliphatic imine (C=N–C) groups is 1. The zero-order valence-electron chi connectivity index (χ0n) is 8.91. The molecule has 0 N–H and O–H groups in total. The topological polar surface area (TPSA) is 38.7 Å². The summed E-state index contributed by atoms with van der Waals surface area (Å²) in [5.41, 5.74) is 1.71. The maximum Gasteiger partial charge on any atom is 0.341 e. The average molecular weight is 253 g/mol. The number of ether oxygens (including phenoxy) is 1. The molecule has 5 heteroatoms. The van der Waals surface area contributed by atoms with Crippen LogP contribution in [-0.4, -0.2) is 17.7 Å². The summed E-state index contributed by atoms with van der Waals surface area (Å²) >= 11 is 6.12. The maximum absolute atomic E-state index is 11.8. The molecule has 1 aliphatic rings. The summed E-state index contributed by atoms with van der Waals surface area (Å²) < 4.78 is 5.04. The van der Waals surface area contributed by atoms with Crippen LogP contribution in [0.25, 0.3) is 0 Å². The highest BCUT2D eigenvalue weighted by Gasteiger charge is 2.27. The predicted molar refractivity (Wildman–Crippen MR) is 67.0 cm³/mol. The number of isothiocyanates is 1. The lowest BCUT2D eigenvalue weighted by atomic mass is 10.1. The second-order valence-corrected chi connectivity index (χ2v) is 4.73. The minimum Gasteiger partial charge on any atom is -0.462 e. The van der Waals surface area contributed by atoms with Crippen LogP contribution < -0.4 is 0 Å². The number of carbonyl (C=O) groups excluding carboxylic acids is 1. The SMILES string of the molecule is CCOC(=O)c1c(N=C=S)sc2c1CCC2. The number of hydrogen-bond acceptors (Lipinski definition) is 5. The van der Waals surface area contributed by atoms with Crippen LogP contribution in [0.3, 0.4) is 0 Å². The molecule has 84 valence electrons. The Kier molecular flexibility index (Phi) is 3.49. The van der Waals surface area contributed by atoms with Gasteiger partial charge in [0.25, 0.3) is 0 Å². The molecule has 0 aromatic carbocycles. The third-order valence-electron chi connectivity index (χ3n) is 2.53. The second-order valence-electron chi connectivity index (χ2n) is 3.46. The van der Waals surface area contributed by atoms with E-state index in [0.717, 1.165) is 24.8 Å². The highest BCUT2D eigenvalue weighted by molar-refractivity contribution is 7.78. The number of thiophene rings is 1. The van der Waals surface area contributed by atoms with E-state index in [4.69, 9.17) is 4.74 Å². The third-order valence-corrected chi connectivity index (χ3v) is 3.81. The van der Waals surface area contributed by atoms with Gasteiger partial charge in [-0.15, -0.1) is 11.3 Å². The number of esters is 1. The molecule has 1 heterocycles. The summed E-state index contributed by atoms with van der Waals surface area (Å²) in [5.74, 6) is -0.286. The first-order chi connectivity index (χ1) is 7.77. The third kappa shape index (κ3) is 1.94. The van der Waals surface area contributed by atoms with E-state index >= 15 is 0 Å². The maximum atomic E-state index is 11.8. The zero-order chi connectivity index (χ0) is 11.5. The number of carbonyl (C=O) groups is 1. The van der Waals surface area contributed by atoms with Crippen LogP contribution in [0.5, 0.6) is 0 Å². The largest absolute Gasteiger partial charge is 0.462 e. The molecule has 0 bridgehead atoms. The highest BCUT2D eigenvalue weighted by Crippen LogP contribution is 2.40. The second kappa shape index (κ2) is 4.87. The molecular formula is C11H11NO2S2. The smallest absolute Gasteiger partial charge is 0.341 e. The van der Waals surface area contributed by atoms with Gasteiger partial charge in [-0.3, -0.25) is 0 Å². The van der Waals surface area contributed by atoms with Crippen molar-refractivity contribution in [2.45, 2.75) is 26.2 Å². The number of hydrogen-bond donors (Lipinski definition) is 0. The molecule has 0 saturated carbocycles. The Balaban J connectivity index is 2.47. The average Bonchev–Trinajstić information content (AvgIpc) is 2.77. The Morgan fingerprint density at radius 1 is 1.62 bits per heavy atom. The van der Waals surface area contributed by atoms with Crippen LogP contribution in [0.1, 0.15) is 34.1 Å². The quantitative estimate of drug-likeness (QED) is 0.472. The Hall–Kier alpha value is -1.03. The van der Waals surface area contributed by atoms with Crippen LogP contribution in [0, 0.1) is 0 Å². The Bertz CT molecular complexity index is 473. The van der Waals surface area contributed by atoms with E-state index in [1.54, 1.807) is 6.92 Å². The summed E-state index contributed by atoms with van der Waals surface area (Å²) in [6, 6.07) is 0. The van der Waals surface area contributed by atoms with Crippen molar-refractivity contribution in [2.24, 2.45) is 4.99 Å². The van der Waals surface area contributed by atoms with E-state index in [1.165, 1.54) is 16.2 Å². The van der Waals surface area contributed by atoms with E-state index in [0.29, 0.717) is 17.2 Å². The van der Waals surface area contributed by atoms with Gasteiger partial charge in [0.15, 0.2) is 0 Å². The first-order valence-electron chi connectivity index (χ1n) is 5.17. The number of aryl methyl sites for hydroxylation is 1. The first-order valence-corrected chi connectivity index (χ1v) is 6.40. The summed E-state index contributed by atoms with van der Waals surface area (Å²) in [4.78, 5) is 17.0. The van der Waals surface area contributed by atoms with Crippen LogP contribution >= 0.6 is 23.6 Å². The highest BCUT2D eigenvalue weighted by atomic mass is 32.1. The van der Waals surface area contributed by atoms with E-state index < -0.39 is 0 Å². The van der Waals surface area contributed by atoms with Gasteiger partial charge < -0.3 is 4.74 Å². The predicted octanol–water partition coefficient (Wildman–Crippen LogP) is 3.15. The van der Waals surface area contributed by atoms with Gasteiger partial charge in [0.1, 0.15) is 10.6 Å². The standard InChI is InChI=1S/C11H11NO2S2/c1-2-14-11(13)9-7-4-3-5-8(7)16-10(9)12-6-15/h2-5H2,1H3. The molecular weight excluding hydrogens is 242 g/mol. The number of thiocarbonyl (C=S) groups is 1. The van der Waals surface area contributed by atoms with Crippen molar-refractivity contribution in [1.82, 2.24) is 0 Å². The minimum atomic E-state index is -0.286. The fraction of sp³-hybridized carbons (Fsp3) is 0.455. The molecule has 0 saturated heterocycles. The van der Waals surface area contributed by atoms with E-state index in [2.05, 4.69) is 22.4 Å². The van der Waals surface area contributed by atoms with Crippen molar-refractivity contribution >= 4 is 39.7 Å². The molecule has 0 unspecified atom stereocenters. The Morgan fingerprint density at radius 2 is 2.44 bits per heavy atom. The van der Waals surface area contributed by atoms with E-state index in [9.17, 15) is 4.79 Å². The lowest BCUT2D eigenvalue weighted by molar-refractivity contribution is 0.0527. The summed E-state index contributed by atoms with van der Waals surface area (Å²) in [7, 11) is 0. The van der Waals surface area contributed by atoms with Gasteiger partial charge in [0.2, 0.25) is 0 Å². The number of fused-ring (bicyclic) bond motifs is 1. The van der Waals surface area contributed by atoms with Crippen molar-refractivity contribution in [2.75, 3.05) is 6.61 Å². The van der Waals surface area contributed by atoms with Crippen LogP contribution in [0.15, 0.2) is 4.99 Å². The molecule has 0 fully saturated rings. The molecule has 2 rings (SSSR count). The normalized spacial score (nSPS) is 13.1. The van der Waals surface area contributed by atoms with Gasteiger partial charge in [-0.05, 0) is 44.0 Å². The molecule has 1 aromatic heterocycles. The molecule has 0 radical (unpaired) electrons. The van der Waals surface area contributed by atoms with Gasteiger partial charge in [-0.2, -0.15) is 4.99 Å². The van der Waals surface area contributed by atoms with Gasteiger partial charge in [0.05, 0.1) is 11.8 Å². The van der Waals surface area contributed by atoms with Gasteiger partial charge in [-0.25, -0.2) is 4.79 Å². The van der Waals surface area contributed by atoms with Crippen LogP contribution in [-0.2, 0) is 17.6 Å². The van der Waals surface area contributed by atoms with Crippen LogP contribution in [0.2, 0.25) is 0 Å². The molecule has 0 atom stereocenters. The molecule has 0 amide bonds. The van der Waals surface area contributed by atoms with Crippen molar-refractivity contribution in [3.8, 4) is 0 Å². The van der Waals surface area contributed by atoms with Crippen molar-refractivity contribution in [1.29, 1.82) is 0 Å². The zero-order valence-corrected chi connectivity index (χ0v) is 10.5. The van der Waals surface area contributed by atoms with Gasteiger partial charge >= 0.3 is 5.97 Å². The fourth-order valence-electron chi connectivity index (χ4n) is 1.92. The molecule has 16 heavy (non-hydrogen) atoms. The molecule has 3 nitrogen and oxygen atoms in total. The van der Waals surface area contributed by atoms with E-state index in [1.807, 2.05) is 0 Å². The van der Waals surface area contributed by atoms with E-state index in [-0.39, 0.29) is 5.97 Å². The monoisotopic (exact) mass is 253 g/mol. The van der Waals surface area contributed by atoms with Gasteiger partial charge in [0, 0.05) is 4.88 Å². The minimum absolute atomic E-state index is 0.286. The lowest BCUT2D eigenvalue weighted by Crippen LogP contribution is -2.06. The summed E-state index contributed by atoms with van der Waals surface area (Å²) in [5, 5.41) is 2.97. The first kappa shape index (κ1) is 11.5. The van der Waals surface area contributed by atoms with Crippen molar-refractivity contribution in [3.05, 3.63) is 16.0 Å². The molecule has 0 spiro atoms. The number of nitrogens with zero attached hydrogens (tertiary/aromatic N) is 1. The Labute approximate surface area is 103 Å². The van der Waals surface area contributed by atoms with Crippen molar-refractivity contribution in [3.63, 3.8) is 0 Å². The molecule has 1 aliphatic carbocycles. The lowest BCUT2D eigenvalue weighted by Gasteiger charge is -2.02. The van der Waals surface area contributed by atoms with Crippen molar-refractivity contribution < 1.29 is 9.53 Å².